The fourth-order valence-corrected chi connectivity index (χ4v) is 2.51. The SMILES string of the molecule is COc1nc(Nc2nc3cnccn3n2)ccc1-c1ccnc(C)c1. The summed E-state index contributed by atoms with van der Waals surface area (Å²) >= 11 is 0. The lowest BCUT2D eigenvalue weighted by Crippen LogP contribution is -1.99. The van der Waals surface area contributed by atoms with Crippen LogP contribution in [0.15, 0.2) is 49.1 Å². The molecule has 4 aromatic rings. The minimum absolute atomic E-state index is 0.440. The minimum Gasteiger partial charge on any atom is -0.480 e. The molecule has 0 bridgehead atoms. The van der Waals surface area contributed by atoms with Gasteiger partial charge in [0, 0.05) is 29.8 Å². The van der Waals surface area contributed by atoms with E-state index >= 15 is 0 Å². The maximum Gasteiger partial charge on any atom is 0.248 e. The summed E-state index contributed by atoms with van der Waals surface area (Å²) in [5.41, 5.74) is 3.48. The van der Waals surface area contributed by atoms with Gasteiger partial charge in [0.2, 0.25) is 11.8 Å². The molecule has 0 spiro atoms. The normalized spacial score (nSPS) is 10.8. The topological polar surface area (TPSA) is 90.1 Å². The number of hydrogen-bond donors (Lipinski definition) is 1. The van der Waals surface area contributed by atoms with Crippen molar-refractivity contribution in [2.24, 2.45) is 0 Å². The summed E-state index contributed by atoms with van der Waals surface area (Å²) in [7, 11) is 1.60. The summed E-state index contributed by atoms with van der Waals surface area (Å²) in [6.07, 6.45) is 6.79. The van der Waals surface area contributed by atoms with E-state index in [1.807, 2.05) is 31.2 Å². The molecular formula is C17H15N7O. The average Bonchev–Trinajstić information content (AvgIpc) is 3.03. The molecule has 0 aliphatic carbocycles. The van der Waals surface area contributed by atoms with E-state index in [0.717, 1.165) is 16.8 Å². The van der Waals surface area contributed by atoms with E-state index in [4.69, 9.17) is 4.74 Å². The number of nitrogens with zero attached hydrogens (tertiary/aromatic N) is 6. The van der Waals surface area contributed by atoms with Crippen LogP contribution in [0.5, 0.6) is 5.88 Å². The smallest absolute Gasteiger partial charge is 0.248 e. The van der Waals surface area contributed by atoms with E-state index in [1.165, 1.54) is 0 Å². The number of pyridine rings is 2. The van der Waals surface area contributed by atoms with Crippen LogP contribution in [0.1, 0.15) is 5.69 Å². The van der Waals surface area contributed by atoms with Gasteiger partial charge in [0.15, 0.2) is 5.65 Å². The van der Waals surface area contributed by atoms with Crippen LogP contribution in [0.2, 0.25) is 0 Å². The highest BCUT2D eigenvalue weighted by molar-refractivity contribution is 5.70. The highest BCUT2D eigenvalue weighted by atomic mass is 16.5. The van der Waals surface area contributed by atoms with Gasteiger partial charge in [-0.2, -0.15) is 9.97 Å². The molecule has 1 N–H and O–H groups in total. The lowest BCUT2D eigenvalue weighted by Gasteiger charge is -2.10. The standard InChI is InChI=1S/C17H15N7O/c1-11-9-12(5-6-19-11)13-3-4-14(20-16(13)25-2)21-17-22-15-10-18-7-8-24(15)23-17/h3-10H,1-2H3,(H,20,21,23). The molecule has 0 amide bonds. The van der Waals surface area contributed by atoms with Crippen LogP contribution >= 0.6 is 0 Å². The molecule has 0 aliphatic heterocycles. The molecule has 0 saturated carbocycles. The van der Waals surface area contributed by atoms with E-state index < -0.39 is 0 Å². The molecule has 8 heteroatoms. The molecular weight excluding hydrogens is 318 g/mol. The number of ether oxygens (including phenoxy) is 1. The molecule has 0 atom stereocenters. The molecule has 0 fully saturated rings. The first-order valence-corrected chi connectivity index (χ1v) is 7.64. The first-order valence-electron chi connectivity index (χ1n) is 7.64. The number of methoxy groups -OCH3 is 1. The van der Waals surface area contributed by atoms with Crippen molar-refractivity contribution in [1.82, 2.24) is 29.5 Å². The van der Waals surface area contributed by atoms with E-state index in [9.17, 15) is 0 Å². The van der Waals surface area contributed by atoms with Crippen molar-refractivity contribution in [2.45, 2.75) is 6.92 Å². The summed E-state index contributed by atoms with van der Waals surface area (Å²) in [6, 6.07) is 7.72. The molecule has 0 saturated heterocycles. The molecule has 124 valence electrons. The van der Waals surface area contributed by atoms with Gasteiger partial charge in [-0.15, -0.1) is 5.10 Å². The number of hydrogen-bond acceptors (Lipinski definition) is 7. The summed E-state index contributed by atoms with van der Waals surface area (Å²) < 4.78 is 7.09. The van der Waals surface area contributed by atoms with Gasteiger partial charge in [-0.25, -0.2) is 4.52 Å². The third kappa shape index (κ3) is 2.97. The second-order valence-corrected chi connectivity index (χ2v) is 5.38. The first kappa shape index (κ1) is 15.0. The van der Waals surface area contributed by atoms with Crippen molar-refractivity contribution in [3.05, 3.63) is 54.7 Å². The molecule has 0 aliphatic rings. The molecule has 4 aromatic heterocycles. The predicted molar refractivity (Wildman–Crippen MR) is 92.8 cm³/mol. The van der Waals surface area contributed by atoms with Crippen LogP contribution < -0.4 is 10.1 Å². The zero-order chi connectivity index (χ0) is 17.2. The number of aryl methyl sites for hydroxylation is 1. The van der Waals surface area contributed by atoms with Crippen molar-refractivity contribution in [3.63, 3.8) is 0 Å². The van der Waals surface area contributed by atoms with E-state index in [-0.39, 0.29) is 0 Å². The number of nitrogens with one attached hydrogen (secondary N) is 1. The molecule has 4 rings (SSSR count). The van der Waals surface area contributed by atoms with Crippen LogP contribution in [-0.4, -0.2) is 36.7 Å². The van der Waals surface area contributed by atoms with E-state index in [2.05, 4.69) is 30.4 Å². The summed E-state index contributed by atoms with van der Waals surface area (Å²) in [4.78, 5) is 17.1. The van der Waals surface area contributed by atoms with Gasteiger partial charge in [0.1, 0.15) is 5.82 Å². The minimum atomic E-state index is 0.440. The molecule has 0 unspecified atom stereocenters. The van der Waals surface area contributed by atoms with Crippen molar-refractivity contribution in [3.8, 4) is 17.0 Å². The Bertz CT molecular complexity index is 1010. The van der Waals surface area contributed by atoms with Crippen LogP contribution in [0, 0.1) is 6.92 Å². The zero-order valence-electron chi connectivity index (χ0n) is 13.7. The Labute approximate surface area is 143 Å². The summed E-state index contributed by atoms with van der Waals surface area (Å²) in [6.45, 7) is 1.95. The average molecular weight is 333 g/mol. The van der Waals surface area contributed by atoms with E-state index in [0.29, 0.717) is 23.3 Å². The van der Waals surface area contributed by atoms with Gasteiger partial charge in [-0.1, -0.05) is 0 Å². The van der Waals surface area contributed by atoms with Gasteiger partial charge in [0.25, 0.3) is 0 Å². The second-order valence-electron chi connectivity index (χ2n) is 5.38. The molecule has 4 heterocycles. The second kappa shape index (κ2) is 6.16. The predicted octanol–water partition coefficient (Wildman–Crippen LogP) is 2.64. The zero-order valence-corrected chi connectivity index (χ0v) is 13.7. The highest BCUT2D eigenvalue weighted by Crippen LogP contribution is 2.30. The monoisotopic (exact) mass is 333 g/mol. The Morgan fingerprint density at radius 1 is 1.12 bits per heavy atom. The number of aromatic nitrogens is 6. The molecule has 0 aromatic carbocycles. The Morgan fingerprint density at radius 2 is 2.04 bits per heavy atom. The number of fused-ring (bicyclic) bond motifs is 1. The Balaban J connectivity index is 1.67. The third-order valence-corrected chi connectivity index (χ3v) is 3.64. The Morgan fingerprint density at radius 3 is 2.84 bits per heavy atom. The van der Waals surface area contributed by atoms with Crippen LogP contribution in [0.4, 0.5) is 11.8 Å². The lowest BCUT2D eigenvalue weighted by molar-refractivity contribution is 0.400. The van der Waals surface area contributed by atoms with Gasteiger partial charge in [0.05, 0.1) is 13.3 Å². The van der Waals surface area contributed by atoms with Crippen molar-refractivity contribution < 1.29 is 4.74 Å². The maximum atomic E-state index is 5.45. The third-order valence-electron chi connectivity index (χ3n) is 3.64. The Hall–Kier alpha value is -3.55. The fourth-order valence-electron chi connectivity index (χ4n) is 2.51. The van der Waals surface area contributed by atoms with Gasteiger partial charge >= 0.3 is 0 Å². The highest BCUT2D eigenvalue weighted by Gasteiger charge is 2.11. The quantitative estimate of drug-likeness (QED) is 0.614. The van der Waals surface area contributed by atoms with Crippen LogP contribution in [-0.2, 0) is 0 Å². The number of anilines is 2. The van der Waals surface area contributed by atoms with Gasteiger partial charge in [-0.05, 0) is 36.8 Å². The largest absolute Gasteiger partial charge is 0.480 e. The summed E-state index contributed by atoms with van der Waals surface area (Å²) in [5, 5.41) is 7.40. The molecule has 25 heavy (non-hydrogen) atoms. The van der Waals surface area contributed by atoms with Crippen LogP contribution in [0.25, 0.3) is 16.8 Å². The van der Waals surface area contributed by atoms with Crippen molar-refractivity contribution >= 4 is 17.4 Å². The first-order chi connectivity index (χ1) is 12.2. The lowest BCUT2D eigenvalue weighted by atomic mass is 10.1. The van der Waals surface area contributed by atoms with Crippen molar-refractivity contribution in [1.29, 1.82) is 0 Å². The van der Waals surface area contributed by atoms with Gasteiger partial charge in [-0.3, -0.25) is 9.97 Å². The maximum absolute atomic E-state index is 5.45. The number of rotatable bonds is 4. The molecule has 8 nitrogen and oxygen atoms in total. The van der Waals surface area contributed by atoms with Gasteiger partial charge < -0.3 is 10.1 Å². The molecule has 0 radical (unpaired) electrons. The van der Waals surface area contributed by atoms with Crippen molar-refractivity contribution in [2.75, 3.05) is 12.4 Å². The Kier molecular flexibility index (Phi) is 3.70. The summed E-state index contributed by atoms with van der Waals surface area (Å²) in [5.74, 6) is 1.55. The van der Waals surface area contributed by atoms with E-state index in [1.54, 1.807) is 36.4 Å². The fraction of sp³-hybridized carbons (Fsp3) is 0.118. The van der Waals surface area contributed by atoms with Crippen LogP contribution in [0.3, 0.4) is 0 Å².